The van der Waals surface area contributed by atoms with Gasteiger partial charge in [0.15, 0.2) is 6.29 Å². The van der Waals surface area contributed by atoms with Crippen molar-refractivity contribution >= 4 is 0 Å². The van der Waals surface area contributed by atoms with Crippen LogP contribution in [0.2, 0.25) is 0 Å². The van der Waals surface area contributed by atoms with E-state index in [0.717, 1.165) is 5.56 Å². The Bertz CT molecular complexity index is 279. The van der Waals surface area contributed by atoms with Gasteiger partial charge in [0, 0.05) is 20.6 Å². The molecule has 0 amide bonds. The molecule has 0 aliphatic rings. The van der Waals surface area contributed by atoms with Gasteiger partial charge in [-0.1, -0.05) is 12.1 Å². The van der Waals surface area contributed by atoms with Gasteiger partial charge < -0.3 is 19.7 Å². The molecular weight excluding hydrogens is 196 g/mol. The molecular formula is C11H16O4. The van der Waals surface area contributed by atoms with Crippen molar-refractivity contribution in [3.05, 3.63) is 29.8 Å². The summed E-state index contributed by atoms with van der Waals surface area (Å²) in [7, 11) is 2.96. The first-order valence-corrected chi connectivity index (χ1v) is 4.69. The second-order valence-corrected chi connectivity index (χ2v) is 3.28. The number of benzene rings is 1. The van der Waals surface area contributed by atoms with E-state index in [1.165, 1.54) is 14.2 Å². The highest BCUT2D eigenvalue weighted by atomic mass is 16.7. The van der Waals surface area contributed by atoms with Crippen LogP contribution in [0.3, 0.4) is 0 Å². The summed E-state index contributed by atoms with van der Waals surface area (Å²) in [6.45, 7) is 0. The van der Waals surface area contributed by atoms with Gasteiger partial charge in [0.25, 0.3) is 0 Å². The molecule has 0 aliphatic heterocycles. The van der Waals surface area contributed by atoms with E-state index < -0.39 is 12.4 Å². The quantitative estimate of drug-likeness (QED) is 0.712. The molecule has 0 fully saturated rings. The number of hydrogen-bond acceptors (Lipinski definition) is 4. The smallest absolute Gasteiger partial charge is 0.183 e. The molecule has 15 heavy (non-hydrogen) atoms. The van der Waals surface area contributed by atoms with Crippen LogP contribution in [0.5, 0.6) is 5.75 Å². The largest absolute Gasteiger partial charge is 0.508 e. The molecule has 2 N–H and O–H groups in total. The van der Waals surface area contributed by atoms with Crippen molar-refractivity contribution in [2.24, 2.45) is 0 Å². The number of aromatic hydroxyl groups is 1. The first-order chi connectivity index (χ1) is 7.17. The predicted molar refractivity (Wildman–Crippen MR) is 55.6 cm³/mol. The Morgan fingerprint density at radius 2 is 1.67 bits per heavy atom. The van der Waals surface area contributed by atoms with Crippen molar-refractivity contribution in [3.8, 4) is 5.75 Å². The number of methoxy groups -OCH3 is 2. The molecule has 84 valence electrons. The summed E-state index contributed by atoms with van der Waals surface area (Å²) < 4.78 is 9.87. The lowest BCUT2D eigenvalue weighted by Gasteiger charge is -2.19. The average molecular weight is 212 g/mol. The fourth-order valence-corrected chi connectivity index (χ4v) is 1.38. The Kier molecular flexibility index (Phi) is 4.55. The SMILES string of the molecule is COC(OC)[C@H](O)Cc1ccc(O)cc1. The molecule has 0 saturated heterocycles. The Hall–Kier alpha value is -1.10. The first kappa shape index (κ1) is 12.0. The van der Waals surface area contributed by atoms with Gasteiger partial charge in [-0.25, -0.2) is 0 Å². The summed E-state index contributed by atoms with van der Waals surface area (Å²) in [5.41, 5.74) is 0.916. The van der Waals surface area contributed by atoms with E-state index in [0.29, 0.717) is 6.42 Å². The maximum absolute atomic E-state index is 9.72. The Morgan fingerprint density at radius 1 is 1.13 bits per heavy atom. The summed E-state index contributed by atoms with van der Waals surface area (Å²) in [6.07, 6.45) is -0.921. The monoisotopic (exact) mass is 212 g/mol. The van der Waals surface area contributed by atoms with E-state index in [-0.39, 0.29) is 5.75 Å². The van der Waals surface area contributed by atoms with Crippen LogP contribution in [-0.4, -0.2) is 36.8 Å². The van der Waals surface area contributed by atoms with Gasteiger partial charge in [-0.2, -0.15) is 0 Å². The summed E-state index contributed by atoms with van der Waals surface area (Å²) in [4.78, 5) is 0. The number of phenolic OH excluding ortho intramolecular Hbond substituents is 1. The molecule has 1 aromatic carbocycles. The number of phenols is 1. The molecule has 0 aromatic heterocycles. The van der Waals surface area contributed by atoms with Gasteiger partial charge in [-0.3, -0.25) is 0 Å². The predicted octanol–water partition coefficient (Wildman–Crippen LogP) is 0.914. The average Bonchev–Trinajstić information content (AvgIpc) is 2.23. The molecule has 4 nitrogen and oxygen atoms in total. The summed E-state index contributed by atoms with van der Waals surface area (Å²) in [6, 6.07) is 6.66. The molecule has 0 spiro atoms. The van der Waals surface area contributed by atoms with Crippen molar-refractivity contribution in [1.82, 2.24) is 0 Å². The molecule has 0 aliphatic carbocycles. The maximum atomic E-state index is 9.72. The summed E-state index contributed by atoms with van der Waals surface area (Å²) in [5.74, 6) is 0.211. The molecule has 0 bridgehead atoms. The molecule has 4 heteroatoms. The number of aliphatic hydroxyl groups excluding tert-OH is 1. The van der Waals surface area contributed by atoms with Crippen molar-refractivity contribution < 1.29 is 19.7 Å². The van der Waals surface area contributed by atoms with Gasteiger partial charge in [-0.05, 0) is 17.7 Å². The number of rotatable bonds is 5. The Labute approximate surface area is 89.1 Å². The Balaban J connectivity index is 2.57. The normalized spacial score (nSPS) is 13.1. The van der Waals surface area contributed by atoms with Gasteiger partial charge in [0.2, 0.25) is 0 Å². The van der Waals surface area contributed by atoms with E-state index in [1.807, 2.05) is 0 Å². The minimum Gasteiger partial charge on any atom is -0.508 e. The molecule has 0 heterocycles. The third kappa shape index (κ3) is 3.51. The minimum atomic E-state index is -0.718. The molecule has 1 rings (SSSR count). The van der Waals surface area contributed by atoms with E-state index in [1.54, 1.807) is 24.3 Å². The third-order valence-corrected chi connectivity index (χ3v) is 2.16. The zero-order valence-electron chi connectivity index (χ0n) is 8.88. The van der Waals surface area contributed by atoms with Crippen LogP contribution < -0.4 is 0 Å². The van der Waals surface area contributed by atoms with Crippen molar-refractivity contribution in [2.75, 3.05) is 14.2 Å². The van der Waals surface area contributed by atoms with Crippen molar-refractivity contribution in [3.63, 3.8) is 0 Å². The van der Waals surface area contributed by atoms with E-state index >= 15 is 0 Å². The van der Waals surface area contributed by atoms with E-state index in [9.17, 15) is 5.11 Å². The third-order valence-electron chi connectivity index (χ3n) is 2.16. The van der Waals surface area contributed by atoms with Crippen LogP contribution in [0.4, 0.5) is 0 Å². The van der Waals surface area contributed by atoms with Crippen molar-refractivity contribution in [1.29, 1.82) is 0 Å². The molecule has 0 radical (unpaired) electrons. The topological polar surface area (TPSA) is 58.9 Å². The highest BCUT2D eigenvalue weighted by molar-refractivity contribution is 5.26. The van der Waals surface area contributed by atoms with Crippen LogP contribution in [0.25, 0.3) is 0 Å². The van der Waals surface area contributed by atoms with E-state index in [4.69, 9.17) is 14.6 Å². The lowest BCUT2D eigenvalue weighted by Crippen LogP contribution is -2.31. The fraction of sp³-hybridized carbons (Fsp3) is 0.455. The second-order valence-electron chi connectivity index (χ2n) is 3.28. The maximum Gasteiger partial charge on any atom is 0.183 e. The van der Waals surface area contributed by atoms with Crippen LogP contribution in [0.1, 0.15) is 5.56 Å². The lowest BCUT2D eigenvalue weighted by atomic mass is 10.1. The van der Waals surface area contributed by atoms with Crippen LogP contribution in [-0.2, 0) is 15.9 Å². The Morgan fingerprint density at radius 3 is 2.13 bits per heavy atom. The van der Waals surface area contributed by atoms with Gasteiger partial charge in [0.1, 0.15) is 11.9 Å². The zero-order chi connectivity index (χ0) is 11.3. The summed E-state index contributed by atoms with van der Waals surface area (Å²) in [5, 5.41) is 18.8. The molecule has 0 unspecified atom stereocenters. The minimum absolute atomic E-state index is 0.211. The van der Waals surface area contributed by atoms with Crippen LogP contribution >= 0.6 is 0 Å². The fourth-order valence-electron chi connectivity index (χ4n) is 1.38. The van der Waals surface area contributed by atoms with Gasteiger partial charge in [0.05, 0.1) is 0 Å². The number of aliphatic hydroxyl groups is 1. The second kappa shape index (κ2) is 5.70. The van der Waals surface area contributed by atoms with Gasteiger partial charge in [-0.15, -0.1) is 0 Å². The van der Waals surface area contributed by atoms with Gasteiger partial charge >= 0.3 is 0 Å². The highest BCUT2D eigenvalue weighted by Gasteiger charge is 2.17. The van der Waals surface area contributed by atoms with Crippen LogP contribution in [0.15, 0.2) is 24.3 Å². The lowest BCUT2D eigenvalue weighted by molar-refractivity contribution is -0.163. The molecule has 0 saturated carbocycles. The standard InChI is InChI=1S/C11H16O4/c1-14-11(15-2)10(13)7-8-3-5-9(12)6-4-8/h3-6,10-13H,7H2,1-2H3/t10-/m1/s1. The first-order valence-electron chi connectivity index (χ1n) is 4.69. The van der Waals surface area contributed by atoms with Crippen LogP contribution in [0, 0.1) is 0 Å². The van der Waals surface area contributed by atoms with E-state index in [2.05, 4.69) is 0 Å². The zero-order valence-corrected chi connectivity index (χ0v) is 8.88. The molecule has 1 aromatic rings. The highest BCUT2D eigenvalue weighted by Crippen LogP contribution is 2.13. The number of hydrogen-bond donors (Lipinski definition) is 2. The van der Waals surface area contributed by atoms with Crippen molar-refractivity contribution in [2.45, 2.75) is 18.8 Å². The number of ether oxygens (including phenoxy) is 2. The summed E-state index contributed by atoms with van der Waals surface area (Å²) >= 11 is 0. The molecule has 1 atom stereocenters.